The lowest BCUT2D eigenvalue weighted by Gasteiger charge is -2.24. The fourth-order valence-electron chi connectivity index (χ4n) is 0.875. The molecule has 14 heavy (non-hydrogen) atoms. The third-order valence-electron chi connectivity index (χ3n) is 1.66. The minimum atomic E-state index is -0.543. The summed E-state index contributed by atoms with van der Waals surface area (Å²) < 4.78 is 0. The predicted molar refractivity (Wildman–Crippen MR) is 54.7 cm³/mol. The molecule has 5 nitrogen and oxygen atoms in total. The van der Waals surface area contributed by atoms with Crippen LogP contribution in [0.1, 0.15) is 13.8 Å². The molecule has 0 amide bonds. The van der Waals surface area contributed by atoms with Crippen LogP contribution in [0.3, 0.4) is 0 Å². The standard InChI is InChI=1S/C8H12ClN3O2/c1-8(2,4-13)11-5-3-10-12-7(14)6(5)9/h3,13H,4H2,1-2H3,(H2,11,12,14). The number of hydrogen-bond acceptors (Lipinski definition) is 4. The van der Waals surface area contributed by atoms with E-state index in [1.54, 1.807) is 13.8 Å². The summed E-state index contributed by atoms with van der Waals surface area (Å²) in [5.41, 5.74) is -0.584. The van der Waals surface area contributed by atoms with E-state index in [0.29, 0.717) is 5.69 Å². The number of aromatic nitrogens is 2. The first-order valence-electron chi connectivity index (χ1n) is 4.08. The molecule has 0 aliphatic carbocycles. The van der Waals surface area contributed by atoms with E-state index >= 15 is 0 Å². The Hall–Kier alpha value is -1.07. The highest BCUT2D eigenvalue weighted by molar-refractivity contribution is 6.32. The average Bonchev–Trinajstić information content (AvgIpc) is 2.13. The van der Waals surface area contributed by atoms with Crippen molar-refractivity contribution in [1.82, 2.24) is 10.2 Å². The second-order valence-corrected chi connectivity index (χ2v) is 3.97. The molecule has 6 heteroatoms. The van der Waals surface area contributed by atoms with Gasteiger partial charge in [-0.05, 0) is 13.8 Å². The predicted octanol–water partition coefficient (Wildman–Crippen LogP) is 0.606. The molecule has 0 unspecified atom stereocenters. The first kappa shape index (κ1) is 11.0. The van der Waals surface area contributed by atoms with E-state index in [4.69, 9.17) is 16.7 Å². The molecule has 78 valence electrons. The minimum absolute atomic E-state index is 0.0431. The van der Waals surface area contributed by atoms with Gasteiger partial charge >= 0.3 is 0 Å². The molecule has 1 aromatic heterocycles. The lowest BCUT2D eigenvalue weighted by atomic mass is 10.1. The Morgan fingerprint density at radius 3 is 2.93 bits per heavy atom. The summed E-state index contributed by atoms with van der Waals surface area (Å²) in [6, 6.07) is 0. The van der Waals surface area contributed by atoms with Crippen LogP contribution >= 0.6 is 11.6 Å². The number of nitrogens with one attached hydrogen (secondary N) is 2. The maximum Gasteiger partial charge on any atom is 0.285 e. The zero-order chi connectivity index (χ0) is 10.8. The summed E-state index contributed by atoms with van der Waals surface area (Å²) in [7, 11) is 0. The second kappa shape index (κ2) is 3.98. The molecule has 3 N–H and O–H groups in total. The molecule has 0 aliphatic rings. The van der Waals surface area contributed by atoms with Crippen molar-refractivity contribution in [2.24, 2.45) is 0 Å². The molecule has 0 spiro atoms. The van der Waals surface area contributed by atoms with Crippen LogP contribution in [0.2, 0.25) is 5.02 Å². The van der Waals surface area contributed by atoms with Crippen LogP contribution in [0.5, 0.6) is 0 Å². The number of aliphatic hydroxyl groups excluding tert-OH is 1. The smallest absolute Gasteiger partial charge is 0.285 e. The van der Waals surface area contributed by atoms with Gasteiger partial charge in [-0.25, -0.2) is 5.10 Å². The summed E-state index contributed by atoms with van der Waals surface area (Å²) in [6.45, 7) is 3.49. The lowest BCUT2D eigenvalue weighted by Crippen LogP contribution is -2.35. The van der Waals surface area contributed by atoms with E-state index in [9.17, 15) is 4.79 Å². The summed E-state index contributed by atoms with van der Waals surface area (Å²) in [5, 5.41) is 17.8. The summed E-state index contributed by atoms with van der Waals surface area (Å²) in [5.74, 6) is 0. The molecule has 0 fully saturated rings. The fraction of sp³-hybridized carbons (Fsp3) is 0.500. The van der Waals surface area contributed by atoms with Gasteiger partial charge in [0.15, 0.2) is 0 Å². The average molecular weight is 218 g/mol. The van der Waals surface area contributed by atoms with Gasteiger partial charge in [-0.15, -0.1) is 0 Å². The molecule has 0 radical (unpaired) electrons. The maximum atomic E-state index is 11.1. The zero-order valence-electron chi connectivity index (χ0n) is 7.97. The van der Waals surface area contributed by atoms with Crippen LogP contribution in [0.15, 0.2) is 11.0 Å². The summed E-state index contributed by atoms with van der Waals surface area (Å²) in [4.78, 5) is 11.1. The van der Waals surface area contributed by atoms with E-state index in [2.05, 4.69) is 15.5 Å². The Morgan fingerprint density at radius 1 is 1.71 bits per heavy atom. The van der Waals surface area contributed by atoms with Crippen LogP contribution in [0.4, 0.5) is 5.69 Å². The molecule has 1 aromatic rings. The molecular weight excluding hydrogens is 206 g/mol. The number of hydrogen-bond donors (Lipinski definition) is 3. The topological polar surface area (TPSA) is 78.0 Å². The van der Waals surface area contributed by atoms with Gasteiger partial charge in [0, 0.05) is 0 Å². The molecule has 0 aromatic carbocycles. The molecule has 0 saturated carbocycles. The molecule has 1 rings (SSSR count). The molecule has 0 atom stereocenters. The number of aromatic amines is 1. The van der Waals surface area contributed by atoms with Gasteiger partial charge in [-0.3, -0.25) is 4.79 Å². The highest BCUT2D eigenvalue weighted by Gasteiger charge is 2.18. The molecule has 1 heterocycles. The van der Waals surface area contributed by atoms with Gasteiger partial charge in [-0.1, -0.05) is 11.6 Å². The number of nitrogens with zero attached hydrogens (tertiary/aromatic N) is 1. The largest absolute Gasteiger partial charge is 0.394 e. The fourth-order valence-corrected chi connectivity index (χ4v) is 1.01. The number of anilines is 1. The first-order valence-corrected chi connectivity index (χ1v) is 4.46. The quantitative estimate of drug-likeness (QED) is 0.693. The van der Waals surface area contributed by atoms with Crippen molar-refractivity contribution in [3.63, 3.8) is 0 Å². The third kappa shape index (κ3) is 2.46. The van der Waals surface area contributed by atoms with Gasteiger partial charge in [0.2, 0.25) is 0 Å². The normalized spacial score (nSPS) is 11.4. The van der Waals surface area contributed by atoms with Crippen molar-refractivity contribution in [2.75, 3.05) is 11.9 Å². The van der Waals surface area contributed by atoms with Gasteiger partial charge in [0.25, 0.3) is 5.56 Å². The Morgan fingerprint density at radius 2 is 2.36 bits per heavy atom. The van der Waals surface area contributed by atoms with Crippen LogP contribution in [-0.2, 0) is 0 Å². The highest BCUT2D eigenvalue weighted by Crippen LogP contribution is 2.19. The van der Waals surface area contributed by atoms with Crippen molar-refractivity contribution >= 4 is 17.3 Å². The Balaban J connectivity index is 2.98. The van der Waals surface area contributed by atoms with Crippen molar-refractivity contribution < 1.29 is 5.11 Å². The number of H-pyrrole nitrogens is 1. The molecule has 0 aliphatic heterocycles. The molecule has 0 bridgehead atoms. The van der Waals surface area contributed by atoms with E-state index < -0.39 is 11.1 Å². The van der Waals surface area contributed by atoms with Gasteiger partial charge in [0.1, 0.15) is 5.02 Å². The SMILES string of the molecule is CC(C)(CO)Nc1cn[nH]c(=O)c1Cl. The molecule has 0 saturated heterocycles. The molecular formula is C8H12ClN3O2. The van der Waals surface area contributed by atoms with Crippen LogP contribution < -0.4 is 10.9 Å². The summed E-state index contributed by atoms with van der Waals surface area (Å²) in [6.07, 6.45) is 1.40. The van der Waals surface area contributed by atoms with Crippen LogP contribution in [-0.4, -0.2) is 27.4 Å². The maximum absolute atomic E-state index is 11.1. The monoisotopic (exact) mass is 217 g/mol. The van der Waals surface area contributed by atoms with Gasteiger partial charge < -0.3 is 10.4 Å². The summed E-state index contributed by atoms with van der Waals surface area (Å²) >= 11 is 5.73. The highest BCUT2D eigenvalue weighted by atomic mass is 35.5. The van der Waals surface area contributed by atoms with E-state index in [-0.39, 0.29) is 11.6 Å². The zero-order valence-corrected chi connectivity index (χ0v) is 8.72. The Labute approximate surface area is 86.1 Å². The Kier molecular flexibility index (Phi) is 3.13. The van der Waals surface area contributed by atoms with E-state index in [0.717, 1.165) is 0 Å². The number of aliphatic hydroxyl groups is 1. The van der Waals surface area contributed by atoms with Crippen LogP contribution in [0, 0.1) is 0 Å². The van der Waals surface area contributed by atoms with E-state index in [1.807, 2.05) is 0 Å². The van der Waals surface area contributed by atoms with Crippen LogP contribution in [0.25, 0.3) is 0 Å². The Bertz CT molecular complexity index is 375. The second-order valence-electron chi connectivity index (χ2n) is 3.59. The van der Waals surface area contributed by atoms with Gasteiger partial charge in [-0.2, -0.15) is 5.10 Å². The van der Waals surface area contributed by atoms with Gasteiger partial charge in [0.05, 0.1) is 24.0 Å². The van der Waals surface area contributed by atoms with Crippen molar-refractivity contribution in [2.45, 2.75) is 19.4 Å². The van der Waals surface area contributed by atoms with Crippen molar-refractivity contribution in [3.05, 3.63) is 21.6 Å². The van der Waals surface area contributed by atoms with Crippen molar-refractivity contribution in [3.8, 4) is 0 Å². The number of halogens is 1. The van der Waals surface area contributed by atoms with E-state index in [1.165, 1.54) is 6.20 Å². The first-order chi connectivity index (χ1) is 6.46. The van der Waals surface area contributed by atoms with Crippen molar-refractivity contribution in [1.29, 1.82) is 0 Å². The third-order valence-corrected chi connectivity index (χ3v) is 2.04. The lowest BCUT2D eigenvalue weighted by molar-refractivity contribution is 0.234. The minimum Gasteiger partial charge on any atom is -0.394 e. The number of rotatable bonds is 3.